The van der Waals surface area contributed by atoms with E-state index >= 15 is 0 Å². The number of carbonyl (C=O) groups excluding carboxylic acids is 2. The standard InChI is InChI=1S/C24H30FN3O2/c1-16-6-4-5-7-22(16)24(30)27-21-12-14-28(15-13-21)18(3)23(29)26-17(2)19-8-10-20(25)11-9-19/h4-11,17-18,21H,12-15H2,1-3H3,(H,26,29)(H,27,30). The van der Waals surface area contributed by atoms with Crippen molar-refractivity contribution in [3.63, 3.8) is 0 Å². The second-order valence-corrected chi connectivity index (χ2v) is 8.06. The number of benzene rings is 2. The molecule has 2 aromatic carbocycles. The van der Waals surface area contributed by atoms with E-state index < -0.39 is 0 Å². The minimum absolute atomic E-state index is 0.0366. The first-order valence-electron chi connectivity index (χ1n) is 10.5. The molecule has 5 nitrogen and oxygen atoms in total. The summed E-state index contributed by atoms with van der Waals surface area (Å²) in [6.45, 7) is 7.23. The highest BCUT2D eigenvalue weighted by molar-refractivity contribution is 5.95. The molecule has 160 valence electrons. The molecule has 0 aromatic heterocycles. The van der Waals surface area contributed by atoms with Gasteiger partial charge in [0.25, 0.3) is 5.91 Å². The first-order valence-corrected chi connectivity index (χ1v) is 10.5. The van der Waals surface area contributed by atoms with Gasteiger partial charge in [0.05, 0.1) is 12.1 Å². The number of carbonyl (C=O) groups is 2. The molecule has 1 aliphatic heterocycles. The van der Waals surface area contributed by atoms with E-state index in [0.717, 1.165) is 37.1 Å². The molecule has 2 N–H and O–H groups in total. The second kappa shape index (κ2) is 9.85. The fourth-order valence-electron chi connectivity index (χ4n) is 3.86. The van der Waals surface area contributed by atoms with Crippen LogP contribution in [0.1, 0.15) is 54.2 Å². The Bertz CT molecular complexity index is 876. The van der Waals surface area contributed by atoms with Gasteiger partial charge in [0, 0.05) is 24.7 Å². The highest BCUT2D eigenvalue weighted by Crippen LogP contribution is 2.17. The van der Waals surface area contributed by atoms with Crippen LogP contribution >= 0.6 is 0 Å². The number of hydrogen-bond donors (Lipinski definition) is 2. The number of halogens is 1. The molecule has 2 amide bonds. The molecular weight excluding hydrogens is 381 g/mol. The van der Waals surface area contributed by atoms with Crippen LogP contribution in [0.15, 0.2) is 48.5 Å². The Morgan fingerprint density at radius 1 is 1.03 bits per heavy atom. The SMILES string of the molecule is Cc1ccccc1C(=O)NC1CCN(C(C)C(=O)NC(C)c2ccc(F)cc2)CC1. The van der Waals surface area contributed by atoms with Crippen molar-refractivity contribution in [3.8, 4) is 0 Å². The molecule has 0 aliphatic carbocycles. The number of rotatable bonds is 6. The monoisotopic (exact) mass is 411 g/mol. The topological polar surface area (TPSA) is 61.4 Å². The van der Waals surface area contributed by atoms with Crippen molar-refractivity contribution < 1.29 is 14.0 Å². The van der Waals surface area contributed by atoms with Crippen LogP contribution in [0.2, 0.25) is 0 Å². The van der Waals surface area contributed by atoms with Gasteiger partial charge in [0.2, 0.25) is 5.91 Å². The third-order valence-corrected chi connectivity index (χ3v) is 5.91. The molecule has 0 bridgehead atoms. The van der Waals surface area contributed by atoms with E-state index in [4.69, 9.17) is 0 Å². The molecule has 0 spiro atoms. The molecule has 0 saturated carbocycles. The third kappa shape index (κ3) is 5.45. The highest BCUT2D eigenvalue weighted by atomic mass is 19.1. The lowest BCUT2D eigenvalue weighted by Crippen LogP contribution is -2.52. The average molecular weight is 412 g/mol. The summed E-state index contributed by atoms with van der Waals surface area (Å²) in [5.41, 5.74) is 2.55. The van der Waals surface area contributed by atoms with Crippen LogP contribution in [0.25, 0.3) is 0 Å². The predicted octanol–water partition coefficient (Wildman–Crippen LogP) is 3.59. The lowest BCUT2D eigenvalue weighted by Gasteiger charge is -2.36. The van der Waals surface area contributed by atoms with Crippen molar-refractivity contribution in [3.05, 3.63) is 71.0 Å². The number of likely N-dealkylation sites (tertiary alicyclic amines) is 1. The van der Waals surface area contributed by atoms with Crippen LogP contribution < -0.4 is 10.6 Å². The van der Waals surface area contributed by atoms with Gasteiger partial charge in [-0.2, -0.15) is 0 Å². The number of piperidine rings is 1. The van der Waals surface area contributed by atoms with Crippen molar-refractivity contribution >= 4 is 11.8 Å². The van der Waals surface area contributed by atoms with Gasteiger partial charge in [-0.05, 0) is 62.9 Å². The molecule has 1 fully saturated rings. The zero-order valence-corrected chi connectivity index (χ0v) is 17.8. The van der Waals surface area contributed by atoms with Crippen LogP contribution in [0.4, 0.5) is 4.39 Å². The van der Waals surface area contributed by atoms with Crippen LogP contribution in [0, 0.1) is 12.7 Å². The summed E-state index contributed by atoms with van der Waals surface area (Å²) in [7, 11) is 0. The van der Waals surface area contributed by atoms with Crippen molar-refractivity contribution in [2.24, 2.45) is 0 Å². The smallest absolute Gasteiger partial charge is 0.251 e. The first-order chi connectivity index (χ1) is 14.3. The van der Waals surface area contributed by atoms with Crippen LogP contribution in [0.3, 0.4) is 0 Å². The summed E-state index contributed by atoms with van der Waals surface area (Å²) in [6.07, 6.45) is 1.62. The Labute approximate surface area is 177 Å². The van der Waals surface area contributed by atoms with Gasteiger partial charge in [-0.1, -0.05) is 30.3 Å². The van der Waals surface area contributed by atoms with E-state index in [1.807, 2.05) is 45.0 Å². The summed E-state index contributed by atoms with van der Waals surface area (Å²) >= 11 is 0. The molecule has 0 radical (unpaired) electrons. The van der Waals surface area contributed by atoms with Gasteiger partial charge >= 0.3 is 0 Å². The molecule has 6 heteroatoms. The quantitative estimate of drug-likeness (QED) is 0.764. The molecule has 2 aromatic rings. The lowest BCUT2D eigenvalue weighted by atomic mass is 10.0. The summed E-state index contributed by atoms with van der Waals surface area (Å²) < 4.78 is 13.1. The second-order valence-electron chi connectivity index (χ2n) is 8.06. The minimum Gasteiger partial charge on any atom is -0.349 e. The maximum absolute atomic E-state index is 13.1. The third-order valence-electron chi connectivity index (χ3n) is 5.91. The summed E-state index contributed by atoms with van der Waals surface area (Å²) in [4.78, 5) is 27.3. The van der Waals surface area contributed by atoms with E-state index in [9.17, 15) is 14.0 Å². The van der Waals surface area contributed by atoms with Gasteiger partial charge in [-0.25, -0.2) is 4.39 Å². The van der Waals surface area contributed by atoms with E-state index in [2.05, 4.69) is 15.5 Å². The van der Waals surface area contributed by atoms with Gasteiger partial charge in [0.1, 0.15) is 5.82 Å². The van der Waals surface area contributed by atoms with Crippen molar-refractivity contribution in [2.45, 2.75) is 51.7 Å². The number of amides is 2. The van der Waals surface area contributed by atoms with Crippen molar-refractivity contribution in [1.82, 2.24) is 15.5 Å². The van der Waals surface area contributed by atoms with Gasteiger partial charge in [0.15, 0.2) is 0 Å². The summed E-state index contributed by atoms with van der Waals surface area (Å²) in [5.74, 6) is -0.372. The van der Waals surface area contributed by atoms with Crippen LogP contribution in [0.5, 0.6) is 0 Å². The van der Waals surface area contributed by atoms with Crippen molar-refractivity contribution in [2.75, 3.05) is 13.1 Å². The van der Waals surface area contributed by atoms with Gasteiger partial charge in [-0.3, -0.25) is 14.5 Å². The minimum atomic E-state index is -0.289. The fourth-order valence-corrected chi connectivity index (χ4v) is 3.86. The summed E-state index contributed by atoms with van der Waals surface area (Å²) in [6, 6.07) is 13.4. The van der Waals surface area contributed by atoms with Crippen LogP contribution in [-0.2, 0) is 4.79 Å². The number of hydrogen-bond acceptors (Lipinski definition) is 3. The molecule has 3 rings (SSSR count). The molecule has 2 atom stereocenters. The zero-order chi connectivity index (χ0) is 21.7. The van der Waals surface area contributed by atoms with E-state index in [1.165, 1.54) is 12.1 Å². The molecule has 1 saturated heterocycles. The Balaban J connectivity index is 1.48. The zero-order valence-electron chi connectivity index (χ0n) is 17.8. The maximum Gasteiger partial charge on any atom is 0.251 e. The normalized spacial score (nSPS) is 17.2. The van der Waals surface area contributed by atoms with Gasteiger partial charge < -0.3 is 10.6 Å². The summed E-state index contributed by atoms with van der Waals surface area (Å²) in [5, 5.41) is 6.14. The van der Waals surface area contributed by atoms with E-state index in [0.29, 0.717) is 5.56 Å². The number of nitrogens with one attached hydrogen (secondary N) is 2. The molecular formula is C24H30FN3O2. The molecule has 30 heavy (non-hydrogen) atoms. The predicted molar refractivity (Wildman–Crippen MR) is 116 cm³/mol. The van der Waals surface area contributed by atoms with Crippen LogP contribution in [-0.4, -0.2) is 41.9 Å². The maximum atomic E-state index is 13.1. The Morgan fingerprint density at radius 2 is 1.67 bits per heavy atom. The molecule has 1 heterocycles. The van der Waals surface area contributed by atoms with E-state index in [1.54, 1.807) is 12.1 Å². The Hall–Kier alpha value is -2.73. The largest absolute Gasteiger partial charge is 0.349 e. The Morgan fingerprint density at radius 3 is 2.30 bits per heavy atom. The van der Waals surface area contributed by atoms with Crippen molar-refractivity contribution in [1.29, 1.82) is 0 Å². The fraction of sp³-hybridized carbons (Fsp3) is 0.417. The molecule has 2 unspecified atom stereocenters. The van der Waals surface area contributed by atoms with Gasteiger partial charge in [-0.15, -0.1) is 0 Å². The Kier molecular flexibility index (Phi) is 7.21. The lowest BCUT2D eigenvalue weighted by molar-refractivity contribution is -0.127. The first kappa shape index (κ1) is 22.0. The molecule has 1 aliphatic rings. The number of aryl methyl sites for hydroxylation is 1. The highest BCUT2D eigenvalue weighted by Gasteiger charge is 2.28. The average Bonchev–Trinajstić information content (AvgIpc) is 2.74. The van der Waals surface area contributed by atoms with E-state index in [-0.39, 0.29) is 35.8 Å². The number of nitrogens with zero attached hydrogens (tertiary/aromatic N) is 1.